The zero-order valence-corrected chi connectivity index (χ0v) is 9.64. The molecule has 0 heterocycles. The number of nitrogens with two attached hydrogens (primary N) is 1. The summed E-state index contributed by atoms with van der Waals surface area (Å²) in [6.45, 7) is 0. The van der Waals surface area contributed by atoms with Crippen LogP contribution in [0.25, 0.3) is 0 Å². The summed E-state index contributed by atoms with van der Waals surface area (Å²) in [6, 6.07) is 0. The van der Waals surface area contributed by atoms with Crippen molar-refractivity contribution in [3.63, 3.8) is 0 Å². The van der Waals surface area contributed by atoms with Gasteiger partial charge in [-0.15, -0.1) is 0 Å². The van der Waals surface area contributed by atoms with Crippen molar-refractivity contribution in [1.29, 1.82) is 0 Å². The van der Waals surface area contributed by atoms with E-state index in [1.165, 1.54) is 38.5 Å². The van der Waals surface area contributed by atoms with Crippen molar-refractivity contribution in [2.24, 2.45) is 11.1 Å². The van der Waals surface area contributed by atoms with Crippen LogP contribution < -0.4 is 11.1 Å². The Labute approximate surface area is 91.8 Å². The molecule has 2 saturated carbocycles. The molecule has 3 nitrogen and oxygen atoms in total. The molecule has 1 amide bonds. The normalized spacial score (nSPS) is 28.1. The zero-order chi connectivity index (χ0) is 10.9. The second-order valence-electron chi connectivity index (χ2n) is 5.40. The number of primary amides is 1. The van der Waals surface area contributed by atoms with E-state index in [1.807, 2.05) is 7.05 Å². The van der Waals surface area contributed by atoms with Crippen LogP contribution in [0.4, 0.5) is 0 Å². The molecule has 2 fully saturated rings. The van der Waals surface area contributed by atoms with Crippen LogP contribution in [0.3, 0.4) is 0 Å². The van der Waals surface area contributed by atoms with E-state index < -0.39 is 5.54 Å². The van der Waals surface area contributed by atoms with Gasteiger partial charge in [0.2, 0.25) is 5.91 Å². The summed E-state index contributed by atoms with van der Waals surface area (Å²) in [5, 5.41) is 3.15. The second kappa shape index (κ2) is 3.78. The summed E-state index contributed by atoms with van der Waals surface area (Å²) >= 11 is 0. The number of carbonyl (C=O) groups excluding carboxylic acids is 1. The molecule has 0 aromatic rings. The number of hydrogen-bond acceptors (Lipinski definition) is 2. The molecule has 2 rings (SSSR count). The Balaban J connectivity index is 2.04. The Kier molecular flexibility index (Phi) is 2.75. The third-order valence-corrected chi connectivity index (χ3v) is 4.78. The number of hydrogen-bond donors (Lipinski definition) is 2. The SMILES string of the molecule is CNC1(C(N)=O)CCC2(CCCC2)CC1. The largest absolute Gasteiger partial charge is 0.368 e. The van der Waals surface area contributed by atoms with Gasteiger partial charge in [0.15, 0.2) is 0 Å². The lowest BCUT2D eigenvalue weighted by Crippen LogP contribution is -2.56. The molecule has 3 N–H and O–H groups in total. The number of likely N-dealkylation sites (N-methyl/N-ethyl adjacent to an activating group) is 1. The maximum Gasteiger partial charge on any atom is 0.237 e. The molecule has 0 radical (unpaired) electrons. The van der Waals surface area contributed by atoms with Crippen molar-refractivity contribution < 1.29 is 4.79 Å². The van der Waals surface area contributed by atoms with E-state index in [0.717, 1.165) is 12.8 Å². The summed E-state index contributed by atoms with van der Waals surface area (Å²) in [5.74, 6) is -0.169. The van der Waals surface area contributed by atoms with E-state index in [9.17, 15) is 4.79 Å². The van der Waals surface area contributed by atoms with E-state index in [-0.39, 0.29) is 5.91 Å². The molecule has 0 aromatic carbocycles. The lowest BCUT2D eigenvalue weighted by Gasteiger charge is -2.43. The van der Waals surface area contributed by atoms with E-state index in [2.05, 4.69) is 5.32 Å². The molecule has 0 bridgehead atoms. The quantitative estimate of drug-likeness (QED) is 0.727. The van der Waals surface area contributed by atoms with Crippen LogP contribution in [0.2, 0.25) is 0 Å². The summed E-state index contributed by atoms with van der Waals surface area (Å²) in [6.07, 6.45) is 9.70. The topological polar surface area (TPSA) is 55.1 Å². The van der Waals surface area contributed by atoms with Crippen molar-refractivity contribution >= 4 is 5.91 Å². The van der Waals surface area contributed by atoms with E-state index in [1.54, 1.807) is 0 Å². The Morgan fingerprint density at radius 2 is 1.60 bits per heavy atom. The van der Waals surface area contributed by atoms with Crippen LogP contribution in [0, 0.1) is 5.41 Å². The van der Waals surface area contributed by atoms with Crippen LogP contribution in [-0.2, 0) is 4.79 Å². The van der Waals surface area contributed by atoms with Gasteiger partial charge in [-0.25, -0.2) is 0 Å². The number of rotatable bonds is 2. The minimum atomic E-state index is -0.409. The van der Waals surface area contributed by atoms with Crippen LogP contribution >= 0.6 is 0 Å². The van der Waals surface area contributed by atoms with Gasteiger partial charge in [-0.3, -0.25) is 4.79 Å². The van der Waals surface area contributed by atoms with Gasteiger partial charge in [-0.2, -0.15) is 0 Å². The van der Waals surface area contributed by atoms with Crippen molar-refractivity contribution in [3.8, 4) is 0 Å². The molecule has 2 aliphatic carbocycles. The monoisotopic (exact) mass is 210 g/mol. The molecule has 86 valence electrons. The number of amides is 1. The smallest absolute Gasteiger partial charge is 0.237 e. The highest BCUT2D eigenvalue weighted by Gasteiger charge is 2.45. The minimum Gasteiger partial charge on any atom is -0.368 e. The maximum absolute atomic E-state index is 11.5. The molecule has 3 heteroatoms. The van der Waals surface area contributed by atoms with Crippen LogP contribution in [0.5, 0.6) is 0 Å². The van der Waals surface area contributed by atoms with Gasteiger partial charge in [0.1, 0.15) is 0 Å². The predicted molar refractivity (Wildman–Crippen MR) is 60.4 cm³/mol. The molecular weight excluding hydrogens is 188 g/mol. The molecular formula is C12H22N2O. The summed E-state index contributed by atoms with van der Waals surface area (Å²) < 4.78 is 0. The minimum absolute atomic E-state index is 0.169. The molecule has 1 spiro atoms. The first-order chi connectivity index (χ1) is 7.13. The zero-order valence-electron chi connectivity index (χ0n) is 9.64. The number of nitrogens with one attached hydrogen (secondary N) is 1. The number of carbonyl (C=O) groups is 1. The predicted octanol–water partition coefficient (Wildman–Crippen LogP) is 1.56. The fourth-order valence-electron chi connectivity index (χ4n) is 3.45. The second-order valence-corrected chi connectivity index (χ2v) is 5.40. The standard InChI is InChI=1S/C12H22N2O/c1-14-12(10(13)15)8-6-11(7-9-12)4-2-3-5-11/h14H,2-9H2,1H3,(H2,13,15). The van der Waals surface area contributed by atoms with Gasteiger partial charge in [0, 0.05) is 0 Å². The molecule has 15 heavy (non-hydrogen) atoms. The fourth-order valence-corrected chi connectivity index (χ4v) is 3.45. The average molecular weight is 210 g/mol. The Hall–Kier alpha value is -0.570. The third-order valence-electron chi connectivity index (χ3n) is 4.78. The Bertz CT molecular complexity index is 246. The van der Waals surface area contributed by atoms with Gasteiger partial charge in [0.25, 0.3) is 0 Å². The molecule has 0 aliphatic heterocycles. The van der Waals surface area contributed by atoms with Crippen LogP contribution in [0.1, 0.15) is 51.4 Å². The van der Waals surface area contributed by atoms with Gasteiger partial charge >= 0.3 is 0 Å². The fraction of sp³-hybridized carbons (Fsp3) is 0.917. The lowest BCUT2D eigenvalue weighted by atomic mass is 9.66. The first-order valence-electron chi connectivity index (χ1n) is 6.11. The summed E-state index contributed by atoms with van der Waals surface area (Å²) in [5.41, 5.74) is 5.65. The van der Waals surface area contributed by atoms with Gasteiger partial charge in [-0.05, 0) is 51.0 Å². The van der Waals surface area contributed by atoms with E-state index in [4.69, 9.17) is 5.73 Å². The lowest BCUT2D eigenvalue weighted by molar-refractivity contribution is -0.126. The van der Waals surface area contributed by atoms with Crippen molar-refractivity contribution in [2.45, 2.75) is 56.9 Å². The van der Waals surface area contributed by atoms with Crippen LogP contribution in [0.15, 0.2) is 0 Å². The van der Waals surface area contributed by atoms with Crippen molar-refractivity contribution in [2.75, 3.05) is 7.05 Å². The van der Waals surface area contributed by atoms with Gasteiger partial charge in [0.05, 0.1) is 5.54 Å². The van der Waals surface area contributed by atoms with Crippen LogP contribution in [-0.4, -0.2) is 18.5 Å². The highest BCUT2D eigenvalue weighted by atomic mass is 16.1. The van der Waals surface area contributed by atoms with Gasteiger partial charge < -0.3 is 11.1 Å². The third kappa shape index (κ3) is 1.78. The molecule has 0 atom stereocenters. The van der Waals surface area contributed by atoms with Crippen molar-refractivity contribution in [1.82, 2.24) is 5.32 Å². The van der Waals surface area contributed by atoms with E-state index in [0.29, 0.717) is 5.41 Å². The molecule has 0 unspecified atom stereocenters. The molecule has 0 saturated heterocycles. The summed E-state index contributed by atoms with van der Waals surface area (Å²) in [4.78, 5) is 11.5. The summed E-state index contributed by atoms with van der Waals surface area (Å²) in [7, 11) is 1.86. The first kappa shape index (κ1) is 10.9. The average Bonchev–Trinajstić information content (AvgIpc) is 2.68. The highest BCUT2D eigenvalue weighted by Crippen LogP contribution is 2.50. The first-order valence-corrected chi connectivity index (χ1v) is 6.11. The van der Waals surface area contributed by atoms with E-state index >= 15 is 0 Å². The Morgan fingerprint density at radius 3 is 2.00 bits per heavy atom. The Morgan fingerprint density at radius 1 is 1.07 bits per heavy atom. The molecule has 2 aliphatic rings. The maximum atomic E-state index is 11.5. The molecule has 0 aromatic heterocycles. The highest BCUT2D eigenvalue weighted by molar-refractivity contribution is 5.84. The van der Waals surface area contributed by atoms with Crippen molar-refractivity contribution in [3.05, 3.63) is 0 Å². The van der Waals surface area contributed by atoms with Gasteiger partial charge in [-0.1, -0.05) is 12.8 Å².